The molecule has 0 aliphatic heterocycles. The number of esters is 1. The molecule has 0 bridgehead atoms. The van der Waals surface area contributed by atoms with E-state index in [0.717, 1.165) is 43.5 Å². The lowest BCUT2D eigenvalue weighted by atomic mass is 9.97. The van der Waals surface area contributed by atoms with Crippen LogP contribution < -0.4 is 20.1 Å². The average Bonchev–Trinajstić information content (AvgIpc) is 3.02. The van der Waals surface area contributed by atoms with Gasteiger partial charge in [-0.1, -0.05) is 24.3 Å². The first-order valence-electron chi connectivity index (χ1n) is 13.3. The summed E-state index contributed by atoms with van der Waals surface area (Å²) in [6, 6.07) is 15.2. The van der Waals surface area contributed by atoms with Gasteiger partial charge in [0.2, 0.25) is 0 Å². The van der Waals surface area contributed by atoms with Crippen molar-refractivity contribution in [3.8, 4) is 11.5 Å². The number of benzene rings is 4. The summed E-state index contributed by atoms with van der Waals surface area (Å²) >= 11 is 0. The van der Waals surface area contributed by atoms with Crippen molar-refractivity contribution in [3.05, 3.63) is 118 Å². The van der Waals surface area contributed by atoms with Gasteiger partial charge in [-0.2, -0.15) is 26.3 Å². The van der Waals surface area contributed by atoms with E-state index in [4.69, 9.17) is 14.2 Å². The molecule has 4 aromatic rings. The molecule has 0 unspecified atom stereocenters. The number of carbonyl (C=O) groups excluding carboxylic acids is 2. The van der Waals surface area contributed by atoms with E-state index in [-0.39, 0.29) is 34.7 Å². The van der Waals surface area contributed by atoms with Gasteiger partial charge in [-0.3, -0.25) is 0 Å². The van der Waals surface area contributed by atoms with Gasteiger partial charge < -0.3 is 30.0 Å². The topological polar surface area (TPSA) is 106 Å². The first-order valence-corrected chi connectivity index (χ1v) is 13.3. The predicted molar refractivity (Wildman–Crippen MR) is 155 cm³/mol. The highest BCUT2D eigenvalue weighted by Crippen LogP contribution is 2.38. The predicted octanol–water partition coefficient (Wildman–Crippen LogP) is 7.82. The Morgan fingerprint density at radius 2 is 1.26 bits per heavy atom. The number of aliphatic hydroxyl groups is 1. The molecule has 0 radical (unpaired) electrons. The molecule has 0 fully saturated rings. The van der Waals surface area contributed by atoms with Crippen molar-refractivity contribution in [1.82, 2.24) is 0 Å². The Morgan fingerprint density at radius 3 is 1.74 bits per heavy atom. The van der Waals surface area contributed by atoms with Crippen LogP contribution in [0, 0.1) is 0 Å². The lowest BCUT2D eigenvalue weighted by molar-refractivity contribution is -0.138. The number of carbonyl (C=O) groups is 2. The fourth-order valence-corrected chi connectivity index (χ4v) is 4.46. The van der Waals surface area contributed by atoms with Gasteiger partial charge in [-0.25, -0.2) is 9.59 Å². The maximum absolute atomic E-state index is 13.5. The van der Waals surface area contributed by atoms with Crippen molar-refractivity contribution in [3.63, 3.8) is 0 Å². The van der Waals surface area contributed by atoms with Gasteiger partial charge in [-0.05, 0) is 71.8 Å². The van der Waals surface area contributed by atoms with E-state index in [1.54, 1.807) is 0 Å². The highest BCUT2D eigenvalue weighted by molar-refractivity contribution is 6.01. The van der Waals surface area contributed by atoms with Crippen LogP contribution in [0.25, 0.3) is 0 Å². The number of urea groups is 1. The van der Waals surface area contributed by atoms with Crippen LogP contribution in [0.15, 0.2) is 84.9 Å². The van der Waals surface area contributed by atoms with E-state index in [1.807, 2.05) is 0 Å². The molecule has 0 aliphatic rings. The molecule has 0 aliphatic carbocycles. The fraction of sp³-hybridized carbons (Fsp3) is 0.188. The highest BCUT2D eigenvalue weighted by atomic mass is 19.4. The molecule has 4 rings (SSSR count). The number of methoxy groups -OCH3 is 2. The SMILES string of the molecule is COC(=O)c1cc(NC(=O)Nc2ccc(OC)c(CO)c2)ccc1OC(c1cccc(C(F)(F)F)c1)c1cccc(C(F)(F)F)c1. The Hall–Kier alpha value is -5.24. The zero-order valence-electron chi connectivity index (χ0n) is 24.1. The Morgan fingerprint density at radius 1 is 0.739 bits per heavy atom. The summed E-state index contributed by atoms with van der Waals surface area (Å²) in [4.78, 5) is 25.5. The summed E-state index contributed by atoms with van der Waals surface area (Å²) in [6.07, 6.45) is -11.1. The molecule has 46 heavy (non-hydrogen) atoms. The number of rotatable bonds is 9. The zero-order valence-corrected chi connectivity index (χ0v) is 24.1. The van der Waals surface area contributed by atoms with Crippen LogP contribution >= 0.6 is 0 Å². The Kier molecular flexibility index (Phi) is 10.1. The summed E-state index contributed by atoms with van der Waals surface area (Å²) in [7, 11) is 2.47. The molecule has 4 aromatic carbocycles. The molecule has 3 N–H and O–H groups in total. The minimum Gasteiger partial charge on any atom is -0.496 e. The normalized spacial score (nSPS) is 11.6. The monoisotopic (exact) mass is 648 g/mol. The standard InChI is InChI=1S/C32H26F6N2O6/c1-44-26-11-9-23(15-20(26)17-41)39-30(43)40-24-10-12-27(25(16-24)29(42)45-2)46-28(18-5-3-7-21(13-18)31(33,34)35)19-6-4-8-22(14-19)32(36,37)38/h3-16,28,41H,17H2,1-2H3,(H2,39,40,43). The Bertz CT molecular complexity index is 1670. The lowest BCUT2D eigenvalue weighted by Crippen LogP contribution is -2.20. The summed E-state index contributed by atoms with van der Waals surface area (Å²) in [5.74, 6) is -0.811. The average molecular weight is 649 g/mol. The quantitative estimate of drug-likeness (QED) is 0.126. The van der Waals surface area contributed by atoms with Crippen LogP contribution in [-0.4, -0.2) is 31.3 Å². The Labute approximate surface area is 258 Å². The van der Waals surface area contributed by atoms with Crippen LogP contribution in [0.2, 0.25) is 0 Å². The van der Waals surface area contributed by atoms with Crippen molar-refractivity contribution in [2.24, 2.45) is 0 Å². The third-order valence-electron chi connectivity index (χ3n) is 6.63. The molecule has 0 heterocycles. The van der Waals surface area contributed by atoms with Gasteiger partial charge in [-0.15, -0.1) is 0 Å². The number of halogens is 6. The highest BCUT2D eigenvalue weighted by Gasteiger charge is 2.34. The zero-order chi connectivity index (χ0) is 33.6. The maximum atomic E-state index is 13.5. The third-order valence-corrected chi connectivity index (χ3v) is 6.63. The van der Waals surface area contributed by atoms with Crippen LogP contribution in [0.1, 0.15) is 44.3 Å². The van der Waals surface area contributed by atoms with Gasteiger partial charge in [0.15, 0.2) is 0 Å². The van der Waals surface area contributed by atoms with Gasteiger partial charge in [0.1, 0.15) is 23.2 Å². The van der Waals surface area contributed by atoms with E-state index in [0.29, 0.717) is 17.0 Å². The number of amides is 2. The summed E-state index contributed by atoms with van der Waals surface area (Å²) < 4.78 is 97.2. The second-order valence-corrected chi connectivity index (χ2v) is 9.71. The van der Waals surface area contributed by atoms with Crippen LogP contribution in [-0.2, 0) is 23.7 Å². The van der Waals surface area contributed by atoms with E-state index in [2.05, 4.69) is 10.6 Å². The number of anilines is 2. The second-order valence-electron chi connectivity index (χ2n) is 9.71. The molecule has 0 aromatic heterocycles. The van der Waals surface area contributed by atoms with Gasteiger partial charge in [0.25, 0.3) is 0 Å². The van der Waals surface area contributed by atoms with E-state index in [9.17, 15) is 41.0 Å². The molecule has 0 saturated heterocycles. The van der Waals surface area contributed by atoms with Crippen molar-refractivity contribution < 1.29 is 55.2 Å². The smallest absolute Gasteiger partial charge is 0.416 e. The summed E-state index contributed by atoms with van der Waals surface area (Å²) in [5, 5.41) is 14.6. The maximum Gasteiger partial charge on any atom is 0.416 e. The van der Waals surface area contributed by atoms with Crippen molar-refractivity contribution >= 4 is 23.4 Å². The molecular weight excluding hydrogens is 622 g/mol. The minimum absolute atomic E-state index is 0.0656. The Balaban J connectivity index is 1.70. The third kappa shape index (κ3) is 8.07. The molecule has 0 atom stereocenters. The molecular formula is C32H26F6N2O6. The molecule has 2 amide bonds. The number of aliphatic hydroxyl groups excluding tert-OH is 1. The van der Waals surface area contributed by atoms with Crippen molar-refractivity contribution in [2.45, 2.75) is 25.1 Å². The first kappa shape index (κ1) is 33.6. The number of hydrogen-bond donors (Lipinski definition) is 3. The molecule has 242 valence electrons. The number of hydrogen-bond acceptors (Lipinski definition) is 6. The van der Waals surface area contributed by atoms with Crippen molar-refractivity contribution in [2.75, 3.05) is 24.9 Å². The largest absolute Gasteiger partial charge is 0.496 e. The van der Waals surface area contributed by atoms with Crippen LogP contribution in [0.4, 0.5) is 42.5 Å². The van der Waals surface area contributed by atoms with Gasteiger partial charge in [0, 0.05) is 16.9 Å². The van der Waals surface area contributed by atoms with E-state index < -0.39 is 41.6 Å². The van der Waals surface area contributed by atoms with E-state index >= 15 is 0 Å². The fourth-order valence-electron chi connectivity index (χ4n) is 4.46. The molecule has 8 nitrogen and oxygen atoms in total. The summed E-state index contributed by atoms with van der Waals surface area (Å²) in [5.41, 5.74) is -1.92. The van der Waals surface area contributed by atoms with Crippen LogP contribution in [0.5, 0.6) is 11.5 Å². The van der Waals surface area contributed by atoms with E-state index in [1.165, 1.54) is 55.6 Å². The second kappa shape index (κ2) is 13.8. The molecule has 0 spiro atoms. The number of alkyl halides is 6. The molecule has 0 saturated carbocycles. The van der Waals surface area contributed by atoms with Gasteiger partial charge in [0.05, 0.1) is 32.0 Å². The number of nitrogens with one attached hydrogen (secondary N) is 2. The molecule has 14 heteroatoms. The summed E-state index contributed by atoms with van der Waals surface area (Å²) in [6.45, 7) is -0.355. The van der Waals surface area contributed by atoms with Crippen molar-refractivity contribution in [1.29, 1.82) is 0 Å². The van der Waals surface area contributed by atoms with Crippen LogP contribution in [0.3, 0.4) is 0 Å². The number of ether oxygens (including phenoxy) is 3. The first-order chi connectivity index (χ1) is 21.7. The lowest BCUT2D eigenvalue weighted by Gasteiger charge is -2.23. The van der Waals surface area contributed by atoms with Gasteiger partial charge >= 0.3 is 24.4 Å². The minimum atomic E-state index is -4.76.